The maximum absolute atomic E-state index is 11.0. The summed E-state index contributed by atoms with van der Waals surface area (Å²) in [5.41, 5.74) is 2.08. The van der Waals surface area contributed by atoms with E-state index < -0.39 is 11.6 Å². The van der Waals surface area contributed by atoms with Gasteiger partial charge in [0.15, 0.2) is 5.60 Å². The molecule has 0 aliphatic rings. The molecule has 0 atom stereocenters. The third-order valence-electron chi connectivity index (χ3n) is 3.18. The molecule has 0 aliphatic heterocycles. The van der Waals surface area contributed by atoms with Gasteiger partial charge in [0.25, 0.3) is 0 Å². The van der Waals surface area contributed by atoms with Crippen LogP contribution in [-0.2, 0) is 16.1 Å². The van der Waals surface area contributed by atoms with Crippen molar-refractivity contribution < 1.29 is 14.6 Å². The molecule has 0 heterocycles. The van der Waals surface area contributed by atoms with E-state index in [-0.39, 0.29) is 6.61 Å². The third kappa shape index (κ3) is 3.45. The van der Waals surface area contributed by atoms with Gasteiger partial charge in [-0.05, 0) is 30.5 Å². The molecule has 1 N–H and O–H groups in total. The Kier molecular flexibility index (Phi) is 4.20. The predicted molar refractivity (Wildman–Crippen MR) is 78.4 cm³/mol. The molecule has 0 spiro atoms. The molecule has 0 unspecified atom stereocenters. The summed E-state index contributed by atoms with van der Waals surface area (Å²) in [6.45, 7) is 3.38. The van der Waals surface area contributed by atoms with E-state index in [2.05, 4.69) is 12.1 Å². The summed E-state index contributed by atoms with van der Waals surface area (Å²) in [6.07, 6.45) is 0. The number of benzene rings is 2. The van der Waals surface area contributed by atoms with E-state index in [4.69, 9.17) is 9.84 Å². The molecule has 0 bridgehead atoms. The summed E-state index contributed by atoms with van der Waals surface area (Å²) >= 11 is 0. The molecule has 0 radical (unpaired) electrons. The zero-order chi connectivity index (χ0) is 14.6. The number of ether oxygens (including phenoxy) is 1. The maximum atomic E-state index is 11.0. The number of rotatable bonds is 5. The normalized spacial score (nSPS) is 11.3. The van der Waals surface area contributed by atoms with Gasteiger partial charge in [0, 0.05) is 0 Å². The van der Waals surface area contributed by atoms with Gasteiger partial charge in [-0.1, -0.05) is 54.6 Å². The molecular weight excluding hydrogens is 252 g/mol. The van der Waals surface area contributed by atoms with Crippen molar-refractivity contribution in [3.63, 3.8) is 0 Å². The minimum Gasteiger partial charge on any atom is -0.479 e. The molecule has 0 aliphatic carbocycles. The number of hydrogen-bond donors (Lipinski definition) is 1. The SMILES string of the molecule is CC(C)(OCc1ccc(-c2ccccc2)cc1)C(=O)O. The van der Waals surface area contributed by atoms with Crippen molar-refractivity contribution >= 4 is 5.97 Å². The Labute approximate surface area is 118 Å². The first-order valence-corrected chi connectivity index (χ1v) is 6.51. The molecule has 0 fully saturated rings. The Morgan fingerprint density at radius 1 is 1.00 bits per heavy atom. The van der Waals surface area contributed by atoms with Crippen LogP contribution in [0.15, 0.2) is 54.6 Å². The van der Waals surface area contributed by atoms with Crippen LogP contribution in [0.3, 0.4) is 0 Å². The Bertz CT molecular complexity index is 571. The first kappa shape index (κ1) is 14.3. The fourth-order valence-corrected chi connectivity index (χ4v) is 1.75. The van der Waals surface area contributed by atoms with Gasteiger partial charge in [-0.2, -0.15) is 0 Å². The topological polar surface area (TPSA) is 46.5 Å². The fourth-order valence-electron chi connectivity index (χ4n) is 1.75. The maximum Gasteiger partial charge on any atom is 0.335 e. The second-order valence-electron chi connectivity index (χ2n) is 5.17. The van der Waals surface area contributed by atoms with Gasteiger partial charge in [-0.15, -0.1) is 0 Å². The highest BCUT2D eigenvalue weighted by Gasteiger charge is 2.27. The number of aliphatic carboxylic acids is 1. The smallest absolute Gasteiger partial charge is 0.335 e. The Balaban J connectivity index is 2.04. The van der Waals surface area contributed by atoms with Gasteiger partial charge in [-0.3, -0.25) is 0 Å². The monoisotopic (exact) mass is 270 g/mol. The van der Waals surface area contributed by atoms with Crippen molar-refractivity contribution in [1.29, 1.82) is 0 Å². The van der Waals surface area contributed by atoms with Gasteiger partial charge >= 0.3 is 5.97 Å². The van der Waals surface area contributed by atoms with Crippen LogP contribution < -0.4 is 0 Å². The van der Waals surface area contributed by atoms with Crippen LogP contribution in [0.5, 0.6) is 0 Å². The average molecular weight is 270 g/mol. The molecule has 0 aromatic heterocycles. The second-order valence-corrected chi connectivity index (χ2v) is 5.17. The molecule has 3 heteroatoms. The molecule has 2 rings (SSSR count). The average Bonchev–Trinajstić information content (AvgIpc) is 2.46. The lowest BCUT2D eigenvalue weighted by Crippen LogP contribution is -2.34. The van der Waals surface area contributed by atoms with Crippen LogP contribution in [0.2, 0.25) is 0 Å². The highest BCUT2D eigenvalue weighted by molar-refractivity contribution is 5.76. The quantitative estimate of drug-likeness (QED) is 0.900. The predicted octanol–water partition coefficient (Wildman–Crippen LogP) is 3.73. The fraction of sp³-hybridized carbons (Fsp3) is 0.235. The first-order chi connectivity index (χ1) is 9.49. The Hall–Kier alpha value is -2.13. The zero-order valence-electron chi connectivity index (χ0n) is 11.7. The van der Waals surface area contributed by atoms with Gasteiger partial charge < -0.3 is 9.84 Å². The lowest BCUT2D eigenvalue weighted by molar-refractivity contribution is -0.162. The van der Waals surface area contributed by atoms with Gasteiger partial charge in [0.05, 0.1) is 6.61 Å². The Morgan fingerprint density at radius 2 is 1.55 bits per heavy atom. The number of carboxylic acids is 1. The summed E-state index contributed by atoms with van der Waals surface area (Å²) in [5, 5.41) is 8.99. The van der Waals surface area contributed by atoms with Crippen LogP contribution >= 0.6 is 0 Å². The largest absolute Gasteiger partial charge is 0.479 e. The zero-order valence-corrected chi connectivity index (χ0v) is 11.7. The molecule has 0 saturated heterocycles. The molecular formula is C17H18O3. The summed E-state index contributed by atoms with van der Waals surface area (Å²) in [4.78, 5) is 11.0. The van der Waals surface area contributed by atoms with Crippen molar-refractivity contribution in [3.8, 4) is 11.1 Å². The van der Waals surface area contributed by atoms with E-state index in [0.717, 1.165) is 16.7 Å². The minimum atomic E-state index is -1.17. The number of carbonyl (C=O) groups is 1. The molecule has 0 amide bonds. The van der Waals surface area contributed by atoms with Crippen molar-refractivity contribution in [2.45, 2.75) is 26.1 Å². The minimum absolute atomic E-state index is 0.286. The highest BCUT2D eigenvalue weighted by Crippen LogP contribution is 2.20. The molecule has 2 aromatic carbocycles. The standard InChI is InChI=1S/C17H18O3/c1-17(2,16(18)19)20-12-13-8-10-15(11-9-13)14-6-4-3-5-7-14/h3-11H,12H2,1-2H3,(H,18,19). The van der Waals surface area contributed by atoms with E-state index in [1.54, 1.807) is 13.8 Å². The van der Waals surface area contributed by atoms with Crippen LogP contribution in [0.1, 0.15) is 19.4 Å². The Morgan fingerprint density at radius 3 is 2.10 bits per heavy atom. The van der Waals surface area contributed by atoms with Crippen molar-refractivity contribution in [1.82, 2.24) is 0 Å². The van der Waals surface area contributed by atoms with Crippen LogP contribution in [0, 0.1) is 0 Å². The molecule has 3 nitrogen and oxygen atoms in total. The van der Waals surface area contributed by atoms with E-state index in [1.165, 1.54) is 0 Å². The highest BCUT2D eigenvalue weighted by atomic mass is 16.5. The second kappa shape index (κ2) is 5.88. The number of hydrogen-bond acceptors (Lipinski definition) is 2. The van der Waals surface area contributed by atoms with Gasteiger partial charge in [0.1, 0.15) is 0 Å². The van der Waals surface area contributed by atoms with Crippen LogP contribution in [0.25, 0.3) is 11.1 Å². The van der Waals surface area contributed by atoms with E-state index in [0.29, 0.717) is 0 Å². The van der Waals surface area contributed by atoms with Crippen molar-refractivity contribution in [2.75, 3.05) is 0 Å². The lowest BCUT2D eigenvalue weighted by Gasteiger charge is -2.20. The summed E-state index contributed by atoms with van der Waals surface area (Å²) in [6, 6.07) is 18.0. The first-order valence-electron chi connectivity index (χ1n) is 6.51. The summed E-state index contributed by atoms with van der Waals surface area (Å²) in [5.74, 6) is -0.960. The molecule has 20 heavy (non-hydrogen) atoms. The van der Waals surface area contributed by atoms with Crippen molar-refractivity contribution in [2.24, 2.45) is 0 Å². The third-order valence-corrected chi connectivity index (χ3v) is 3.18. The summed E-state index contributed by atoms with van der Waals surface area (Å²) in [7, 11) is 0. The lowest BCUT2D eigenvalue weighted by atomic mass is 10.0. The van der Waals surface area contributed by atoms with Gasteiger partial charge in [0.2, 0.25) is 0 Å². The van der Waals surface area contributed by atoms with E-state index >= 15 is 0 Å². The molecule has 2 aromatic rings. The number of carboxylic acid groups (broad SMARTS) is 1. The van der Waals surface area contributed by atoms with E-state index in [9.17, 15) is 4.79 Å². The molecule has 0 saturated carbocycles. The van der Waals surface area contributed by atoms with E-state index in [1.807, 2.05) is 42.5 Å². The van der Waals surface area contributed by atoms with Crippen LogP contribution in [0.4, 0.5) is 0 Å². The van der Waals surface area contributed by atoms with Crippen molar-refractivity contribution in [3.05, 3.63) is 60.2 Å². The molecule has 104 valence electrons. The van der Waals surface area contributed by atoms with Gasteiger partial charge in [-0.25, -0.2) is 4.79 Å². The van der Waals surface area contributed by atoms with Crippen LogP contribution in [-0.4, -0.2) is 16.7 Å². The summed E-state index contributed by atoms with van der Waals surface area (Å²) < 4.78 is 5.42.